The van der Waals surface area contributed by atoms with Crippen molar-refractivity contribution in [3.8, 4) is 0 Å². The Morgan fingerprint density at radius 3 is 2.50 bits per heavy atom. The molecule has 22 heavy (non-hydrogen) atoms. The molecule has 0 amide bonds. The van der Waals surface area contributed by atoms with Crippen molar-refractivity contribution in [2.24, 2.45) is 53.3 Å². The van der Waals surface area contributed by atoms with E-state index >= 15 is 0 Å². The summed E-state index contributed by atoms with van der Waals surface area (Å²) < 4.78 is 6.05. The predicted molar refractivity (Wildman–Crippen MR) is 82.7 cm³/mol. The van der Waals surface area contributed by atoms with Gasteiger partial charge in [-0.05, 0) is 92.3 Å². The van der Waals surface area contributed by atoms with Crippen molar-refractivity contribution in [2.75, 3.05) is 0 Å². The molecule has 6 bridgehead atoms. The van der Waals surface area contributed by atoms with Gasteiger partial charge in [-0.1, -0.05) is 12.2 Å². The van der Waals surface area contributed by atoms with Gasteiger partial charge in [0.15, 0.2) is 0 Å². The van der Waals surface area contributed by atoms with E-state index in [1.807, 2.05) is 0 Å². The highest BCUT2D eigenvalue weighted by molar-refractivity contribution is 5.74. The molecule has 0 aromatic carbocycles. The average Bonchev–Trinajstić information content (AvgIpc) is 3.31. The average molecular weight is 298 g/mol. The molecule has 2 heteroatoms. The molecule has 0 N–H and O–H groups in total. The van der Waals surface area contributed by atoms with Gasteiger partial charge in [0.2, 0.25) is 0 Å². The van der Waals surface area contributed by atoms with Crippen LogP contribution in [0.1, 0.15) is 44.9 Å². The van der Waals surface area contributed by atoms with E-state index in [1.165, 1.54) is 32.1 Å². The van der Waals surface area contributed by atoms with Crippen molar-refractivity contribution < 1.29 is 9.53 Å². The Kier molecular flexibility index (Phi) is 2.40. The summed E-state index contributed by atoms with van der Waals surface area (Å²) in [6.45, 7) is 0. The van der Waals surface area contributed by atoms with Gasteiger partial charge in [-0.2, -0.15) is 0 Å². The lowest BCUT2D eigenvalue weighted by Crippen LogP contribution is -2.37. The fraction of sp³-hybridized carbons (Fsp3) is 0.850. The highest BCUT2D eigenvalue weighted by atomic mass is 16.5. The van der Waals surface area contributed by atoms with Gasteiger partial charge in [0.05, 0.1) is 5.92 Å². The first-order valence-corrected chi connectivity index (χ1v) is 9.66. The maximum atomic E-state index is 12.8. The summed E-state index contributed by atoms with van der Waals surface area (Å²) in [6, 6.07) is 0. The first-order chi connectivity index (χ1) is 10.8. The van der Waals surface area contributed by atoms with E-state index in [0.717, 1.165) is 48.3 Å². The number of ether oxygens (including phenoxy) is 1. The monoisotopic (exact) mass is 298 g/mol. The van der Waals surface area contributed by atoms with Crippen LogP contribution in [0.3, 0.4) is 0 Å². The molecular formula is C20H26O2. The Morgan fingerprint density at radius 2 is 1.73 bits per heavy atom. The van der Waals surface area contributed by atoms with Crippen molar-refractivity contribution in [1.82, 2.24) is 0 Å². The van der Waals surface area contributed by atoms with Gasteiger partial charge < -0.3 is 4.74 Å². The van der Waals surface area contributed by atoms with E-state index in [1.54, 1.807) is 0 Å². The van der Waals surface area contributed by atoms with E-state index < -0.39 is 0 Å². The maximum absolute atomic E-state index is 12.8. The molecule has 10 unspecified atom stereocenters. The lowest BCUT2D eigenvalue weighted by Gasteiger charge is -2.36. The summed E-state index contributed by atoms with van der Waals surface area (Å²) in [4.78, 5) is 12.8. The van der Waals surface area contributed by atoms with Crippen LogP contribution < -0.4 is 0 Å². The first-order valence-electron chi connectivity index (χ1n) is 9.66. The normalized spacial score (nSPS) is 59.5. The number of esters is 1. The van der Waals surface area contributed by atoms with Gasteiger partial charge in [0, 0.05) is 0 Å². The minimum absolute atomic E-state index is 0.190. The second kappa shape index (κ2) is 4.19. The van der Waals surface area contributed by atoms with Crippen LogP contribution in [0, 0.1) is 53.3 Å². The number of carbonyl (C=O) groups excluding carboxylic acids is 1. The molecular weight excluding hydrogens is 272 g/mol. The Labute approximate surface area is 132 Å². The third kappa shape index (κ3) is 1.50. The fourth-order valence-corrected chi connectivity index (χ4v) is 7.85. The van der Waals surface area contributed by atoms with Crippen LogP contribution in [-0.4, -0.2) is 12.1 Å². The Bertz CT molecular complexity index is 552. The van der Waals surface area contributed by atoms with Crippen molar-refractivity contribution in [3.05, 3.63) is 12.2 Å². The largest absolute Gasteiger partial charge is 0.462 e. The van der Waals surface area contributed by atoms with Gasteiger partial charge >= 0.3 is 5.97 Å². The molecule has 118 valence electrons. The zero-order chi connectivity index (χ0) is 14.4. The molecule has 0 radical (unpaired) electrons. The number of rotatable bonds is 2. The number of allylic oxidation sites excluding steroid dienone is 2. The van der Waals surface area contributed by atoms with E-state index in [4.69, 9.17) is 4.74 Å². The third-order valence-corrected chi connectivity index (χ3v) is 8.51. The van der Waals surface area contributed by atoms with E-state index in [2.05, 4.69) is 12.2 Å². The third-order valence-electron chi connectivity index (χ3n) is 8.51. The highest BCUT2D eigenvalue weighted by Crippen LogP contribution is 2.67. The second-order valence-corrected chi connectivity index (χ2v) is 9.26. The van der Waals surface area contributed by atoms with Gasteiger partial charge in [0.25, 0.3) is 0 Å². The standard InChI is InChI=1S/C20H26O2/c21-20(22-17-6-10-1-2-11(17)5-10)16-9-14-8-15(16)19-13-4-3-12(7-13)18(14)19/h3-4,10-19H,1-2,5-9H2. The quantitative estimate of drug-likeness (QED) is 0.440. The van der Waals surface area contributed by atoms with Crippen LogP contribution in [0.4, 0.5) is 0 Å². The zero-order valence-electron chi connectivity index (χ0n) is 13.2. The zero-order valence-corrected chi connectivity index (χ0v) is 13.2. The SMILES string of the molecule is O=C(OC1CC2CCC1C2)C1CC2CC1C1C3C=CC(C3)C21. The summed E-state index contributed by atoms with van der Waals surface area (Å²) in [5.74, 6) is 6.88. The molecule has 0 aromatic heterocycles. The molecule has 5 saturated carbocycles. The minimum atomic E-state index is 0.190. The highest BCUT2D eigenvalue weighted by Gasteiger charge is 2.62. The number of hydrogen-bond donors (Lipinski definition) is 0. The molecule has 6 aliphatic carbocycles. The Hall–Kier alpha value is -0.790. The van der Waals surface area contributed by atoms with Gasteiger partial charge in [-0.3, -0.25) is 4.79 Å². The predicted octanol–water partition coefficient (Wildman–Crippen LogP) is 3.81. The van der Waals surface area contributed by atoms with E-state index in [0.29, 0.717) is 11.8 Å². The molecule has 0 spiro atoms. The van der Waals surface area contributed by atoms with Crippen LogP contribution in [0.2, 0.25) is 0 Å². The van der Waals surface area contributed by atoms with Gasteiger partial charge in [-0.15, -0.1) is 0 Å². The summed E-state index contributed by atoms with van der Waals surface area (Å²) in [5.41, 5.74) is 0. The van der Waals surface area contributed by atoms with Crippen LogP contribution in [0.15, 0.2) is 12.2 Å². The fourth-order valence-electron chi connectivity index (χ4n) is 7.85. The molecule has 0 saturated heterocycles. The van der Waals surface area contributed by atoms with Crippen LogP contribution in [0.25, 0.3) is 0 Å². The summed E-state index contributed by atoms with van der Waals surface area (Å²) in [6.07, 6.45) is 14.2. The van der Waals surface area contributed by atoms with Crippen molar-refractivity contribution >= 4 is 5.97 Å². The molecule has 0 aliphatic heterocycles. The second-order valence-electron chi connectivity index (χ2n) is 9.26. The minimum Gasteiger partial charge on any atom is -0.462 e. The molecule has 2 nitrogen and oxygen atoms in total. The number of fused-ring (bicyclic) bond motifs is 11. The lowest BCUT2D eigenvalue weighted by molar-refractivity contribution is -0.159. The molecule has 0 aromatic rings. The van der Waals surface area contributed by atoms with Crippen molar-refractivity contribution in [2.45, 2.75) is 51.0 Å². The van der Waals surface area contributed by atoms with Gasteiger partial charge in [-0.25, -0.2) is 0 Å². The number of carbonyl (C=O) groups is 1. The summed E-state index contributed by atoms with van der Waals surface area (Å²) in [7, 11) is 0. The molecule has 10 atom stereocenters. The van der Waals surface area contributed by atoms with Crippen LogP contribution in [-0.2, 0) is 9.53 Å². The smallest absolute Gasteiger partial charge is 0.309 e. The van der Waals surface area contributed by atoms with Crippen molar-refractivity contribution in [1.29, 1.82) is 0 Å². The first kappa shape index (κ1) is 12.6. The maximum Gasteiger partial charge on any atom is 0.309 e. The van der Waals surface area contributed by atoms with E-state index in [-0.39, 0.29) is 18.0 Å². The lowest BCUT2D eigenvalue weighted by atomic mass is 9.69. The van der Waals surface area contributed by atoms with Crippen LogP contribution in [0.5, 0.6) is 0 Å². The molecule has 0 heterocycles. The Morgan fingerprint density at radius 1 is 0.864 bits per heavy atom. The summed E-state index contributed by atoms with van der Waals surface area (Å²) >= 11 is 0. The summed E-state index contributed by atoms with van der Waals surface area (Å²) in [5, 5.41) is 0. The molecule has 6 rings (SSSR count). The molecule has 5 fully saturated rings. The molecule has 6 aliphatic rings. The Balaban J connectivity index is 1.19. The topological polar surface area (TPSA) is 26.3 Å². The van der Waals surface area contributed by atoms with Gasteiger partial charge in [0.1, 0.15) is 6.10 Å². The van der Waals surface area contributed by atoms with Crippen molar-refractivity contribution in [3.63, 3.8) is 0 Å². The van der Waals surface area contributed by atoms with Crippen LogP contribution >= 0.6 is 0 Å². The van der Waals surface area contributed by atoms with E-state index in [9.17, 15) is 4.79 Å². The number of hydrogen-bond acceptors (Lipinski definition) is 2.